The van der Waals surface area contributed by atoms with Gasteiger partial charge >= 0.3 is 0 Å². The number of nitrogens with one attached hydrogen (secondary N) is 1. The van der Waals surface area contributed by atoms with Crippen LogP contribution in [0.3, 0.4) is 0 Å². The van der Waals surface area contributed by atoms with E-state index in [9.17, 15) is 4.79 Å². The molecule has 0 bridgehead atoms. The number of hydrogen-bond acceptors (Lipinski definition) is 2. The second kappa shape index (κ2) is 7.63. The molecule has 0 atom stereocenters. The number of rotatable bonds is 4. The first-order valence-corrected chi connectivity index (χ1v) is 9.54. The third-order valence-electron chi connectivity index (χ3n) is 4.77. The van der Waals surface area contributed by atoms with Crippen molar-refractivity contribution < 1.29 is 4.79 Å². The van der Waals surface area contributed by atoms with Gasteiger partial charge < -0.3 is 10.2 Å². The van der Waals surface area contributed by atoms with Crippen molar-refractivity contribution in [2.75, 3.05) is 16.8 Å². The molecule has 1 aliphatic heterocycles. The van der Waals surface area contributed by atoms with Crippen LogP contribution in [-0.4, -0.2) is 12.5 Å². The first kappa shape index (κ1) is 17.9. The SMILES string of the molecule is O=C(Nc1cccc(Cl)c1Cl)c1ccc(CN2CCc3ccccc32)cc1. The van der Waals surface area contributed by atoms with Gasteiger partial charge in [-0.15, -0.1) is 0 Å². The zero-order chi connectivity index (χ0) is 18.8. The van der Waals surface area contributed by atoms with Gasteiger partial charge in [0.05, 0.1) is 15.7 Å². The maximum Gasteiger partial charge on any atom is 0.255 e. The highest BCUT2D eigenvalue weighted by Crippen LogP contribution is 2.30. The fourth-order valence-electron chi connectivity index (χ4n) is 3.35. The van der Waals surface area contributed by atoms with Crippen LogP contribution in [0.5, 0.6) is 0 Å². The van der Waals surface area contributed by atoms with E-state index in [-0.39, 0.29) is 5.91 Å². The van der Waals surface area contributed by atoms with Crippen molar-refractivity contribution in [3.63, 3.8) is 0 Å². The number of nitrogens with zero attached hydrogens (tertiary/aromatic N) is 1. The Morgan fingerprint density at radius 3 is 2.56 bits per heavy atom. The summed E-state index contributed by atoms with van der Waals surface area (Å²) in [5, 5.41) is 3.56. The lowest BCUT2D eigenvalue weighted by Gasteiger charge is -2.19. The maximum absolute atomic E-state index is 12.5. The number of fused-ring (bicyclic) bond motifs is 1. The van der Waals surface area contributed by atoms with Gasteiger partial charge in [0.2, 0.25) is 0 Å². The van der Waals surface area contributed by atoms with Crippen molar-refractivity contribution in [1.29, 1.82) is 0 Å². The Hall–Kier alpha value is -2.49. The average molecular weight is 397 g/mol. The molecule has 1 aliphatic rings. The van der Waals surface area contributed by atoms with Gasteiger partial charge in [0.1, 0.15) is 0 Å². The van der Waals surface area contributed by atoms with Crippen molar-refractivity contribution in [3.8, 4) is 0 Å². The van der Waals surface area contributed by atoms with Crippen LogP contribution in [0.2, 0.25) is 10.0 Å². The molecule has 27 heavy (non-hydrogen) atoms. The lowest BCUT2D eigenvalue weighted by molar-refractivity contribution is 0.102. The molecule has 3 aromatic carbocycles. The van der Waals surface area contributed by atoms with Gasteiger partial charge in [-0.25, -0.2) is 0 Å². The van der Waals surface area contributed by atoms with E-state index in [1.165, 1.54) is 16.8 Å². The van der Waals surface area contributed by atoms with E-state index in [0.717, 1.165) is 19.5 Å². The molecule has 0 saturated heterocycles. The molecule has 5 heteroatoms. The van der Waals surface area contributed by atoms with Gasteiger partial charge in [-0.05, 0) is 47.9 Å². The Balaban J connectivity index is 1.45. The first-order chi connectivity index (χ1) is 13.1. The molecule has 3 nitrogen and oxygen atoms in total. The first-order valence-electron chi connectivity index (χ1n) is 8.79. The minimum atomic E-state index is -0.211. The molecule has 0 aliphatic carbocycles. The summed E-state index contributed by atoms with van der Waals surface area (Å²) < 4.78 is 0. The predicted octanol–water partition coefficient (Wildman–Crippen LogP) is 5.81. The summed E-state index contributed by atoms with van der Waals surface area (Å²) in [5.74, 6) is -0.211. The van der Waals surface area contributed by atoms with Crippen molar-refractivity contribution >= 4 is 40.5 Å². The van der Waals surface area contributed by atoms with E-state index in [4.69, 9.17) is 23.2 Å². The molecular formula is C22H18Cl2N2O. The summed E-state index contributed by atoms with van der Waals surface area (Å²) in [4.78, 5) is 14.8. The van der Waals surface area contributed by atoms with Crippen LogP contribution in [0.1, 0.15) is 21.5 Å². The van der Waals surface area contributed by atoms with E-state index in [2.05, 4.69) is 34.5 Å². The van der Waals surface area contributed by atoms with E-state index >= 15 is 0 Å². The average Bonchev–Trinajstić information content (AvgIpc) is 3.09. The molecule has 1 N–H and O–H groups in total. The van der Waals surface area contributed by atoms with E-state index < -0.39 is 0 Å². The molecule has 0 radical (unpaired) electrons. The zero-order valence-electron chi connectivity index (χ0n) is 14.6. The van der Waals surface area contributed by atoms with Crippen LogP contribution in [0, 0.1) is 0 Å². The van der Waals surface area contributed by atoms with E-state index in [0.29, 0.717) is 21.3 Å². The number of halogens is 2. The van der Waals surface area contributed by atoms with Crippen molar-refractivity contribution in [3.05, 3.63) is 93.5 Å². The minimum absolute atomic E-state index is 0.211. The summed E-state index contributed by atoms with van der Waals surface area (Å²) in [6.07, 6.45) is 1.08. The lowest BCUT2D eigenvalue weighted by Crippen LogP contribution is -2.19. The third-order valence-corrected chi connectivity index (χ3v) is 5.59. The van der Waals surface area contributed by atoms with Crippen LogP contribution < -0.4 is 10.2 Å². The minimum Gasteiger partial charge on any atom is -0.367 e. The number of carbonyl (C=O) groups excluding carboxylic acids is 1. The molecule has 136 valence electrons. The molecule has 1 heterocycles. The highest BCUT2D eigenvalue weighted by atomic mass is 35.5. The van der Waals surface area contributed by atoms with Crippen LogP contribution in [0.4, 0.5) is 11.4 Å². The van der Waals surface area contributed by atoms with Crippen LogP contribution in [0.15, 0.2) is 66.7 Å². The second-order valence-corrected chi connectivity index (χ2v) is 7.34. The third kappa shape index (κ3) is 3.80. The van der Waals surface area contributed by atoms with Crippen molar-refractivity contribution in [1.82, 2.24) is 0 Å². The molecule has 3 aromatic rings. The summed E-state index contributed by atoms with van der Waals surface area (Å²) in [7, 11) is 0. The van der Waals surface area contributed by atoms with Gasteiger partial charge in [0.15, 0.2) is 0 Å². The number of benzene rings is 3. The summed E-state index contributed by atoms with van der Waals surface area (Å²) >= 11 is 12.1. The van der Waals surface area contributed by atoms with Crippen LogP contribution in [0.25, 0.3) is 0 Å². The molecule has 1 amide bonds. The fraction of sp³-hybridized carbons (Fsp3) is 0.136. The van der Waals surface area contributed by atoms with Gasteiger partial charge in [-0.1, -0.05) is 59.6 Å². The summed E-state index contributed by atoms with van der Waals surface area (Å²) in [6.45, 7) is 1.86. The van der Waals surface area contributed by atoms with E-state index in [1.54, 1.807) is 18.2 Å². The predicted molar refractivity (Wildman–Crippen MR) is 112 cm³/mol. The number of para-hydroxylation sites is 1. The standard InChI is InChI=1S/C22H18Cl2N2O/c23-18-5-3-6-19(21(18)24)25-22(27)17-10-8-15(9-11-17)14-26-13-12-16-4-1-2-7-20(16)26/h1-11H,12-14H2,(H,25,27). The fourth-order valence-corrected chi connectivity index (χ4v) is 3.70. The molecule has 0 aromatic heterocycles. The highest BCUT2D eigenvalue weighted by molar-refractivity contribution is 6.44. The van der Waals surface area contributed by atoms with Crippen LogP contribution >= 0.6 is 23.2 Å². The maximum atomic E-state index is 12.5. The second-order valence-electron chi connectivity index (χ2n) is 6.55. The van der Waals surface area contributed by atoms with Gasteiger partial charge in [-0.3, -0.25) is 4.79 Å². The molecular weight excluding hydrogens is 379 g/mol. The Labute approximate surface area is 168 Å². The van der Waals surface area contributed by atoms with Crippen molar-refractivity contribution in [2.45, 2.75) is 13.0 Å². The monoisotopic (exact) mass is 396 g/mol. The Morgan fingerprint density at radius 2 is 1.74 bits per heavy atom. The Bertz CT molecular complexity index is 986. The Kier molecular flexibility index (Phi) is 5.06. The molecule has 0 spiro atoms. The quantitative estimate of drug-likeness (QED) is 0.603. The number of amides is 1. The van der Waals surface area contributed by atoms with Crippen LogP contribution in [-0.2, 0) is 13.0 Å². The lowest BCUT2D eigenvalue weighted by atomic mass is 10.1. The summed E-state index contributed by atoms with van der Waals surface area (Å²) in [6, 6.07) is 21.3. The summed E-state index contributed by atoms with van der Waals surface area (Å²) in [5.41, 5.74) is 4.95. The Morgan fingerprint density at radius 1 is 0.963 bits per heavy atom. The van der Waals surface area contributed by atoms with Gasteiger partial charge in [-0.2, -0.15) is 0 Å². The number of anilines is 2. The molecule has 0 fully saturated rings. The van der Waals surface area contributed by atoms with Crippen molar-refractivity contribution in [2.24, 2.45) is 0 Å². The topological polar surface area (TPSA) is 32.3 Å². The van der Waals surface area contributed by atoms with Gasteiger partial charge in [0.25, 0.3) is 5.91 Å². The smallest absolute Gasteiger partial charge is 0.255 e. The normalized spacial score (nSPS) is 12.7. The molecule has 0 unspecified atom stereocenters. The van der Waals surface area contributed by atoms with E-state index in [1.807, 2.05) is 24.3 Å². The molecule has 4 rings (SSSR count). The molecule has 0 saturated carbocycles. The zero-order valence-corrected chi connectivity index (χ0v) is 16.1. The highest BCUT2D eigenvalue weighted by Gasteiger charge is 2.18. The largest absolute Gasteiger partial charge is 0.367 e. The number of hydrogen-bond donors (Lipinski definition) is 1. The number of carbonyl (C=O) groups is 1. The van der Waals surface area contributed by atoms with Gasteiger partial charge in [0, 0.05) is 24.3 Å².